The van der Waals surface area contributed by atoms with Gasteiger partial charge in [0.1, 0.15) is 6.61 Å². The molecule has 0 atom stereocenters. The number of hydrogen-bond donors (Lipinski definition) is 4. The van der Waals surface area contributed by atoms with E-state index in [0.29, 0.717) is 0 Å². The van der Waals surface area contributed by atoms with E-state index in [9.17, 15) is 9.59 Å². The van der Waals surface area contributed by atoms with Crippen LogP contribution in [0.2, 0.25) is 0 Å². The first-order valence-electron chi connectivity index (χ1n) is 3.16. The summed E-state index contributed by atoms with van der Waals surface area (Å²) in [4.78, 5) is 28.4. The van der Waals surface area contributed by atoms with E-state index in [0.717, 1.165) is 0 Å². The SMILES string of the molecule is O=C(O)CCC(=O)O.O=C(O)CO. The van der Waals surface area contributed by atoms with E-state index in [-0.39, 0.29) is 12.8 Å². The Hall–Kier alpha value is -1.63. The second-order valence-corrected chi connectivity index (χ2v) is 1.84. The van der Waals surface area contributed by atoms with Crippen molar-refractivity contribution in [2.24, 2.45) is 0 Å². The number of carbonyl (C=O) groups is 3. The zero-order valence-electron chi connectivity index (χ0n) is 6.63. The van der Waals surface area contributed by atoms with Gasteiger partial charge < -0.3 is 20.4 Å². The van der Waals surface area contributed by atoms with Crippen molar-refractivity contribution >= 4 is 17.9 Å². The summed E-state index contributed by atoms with van der Waals surface area (Å²) in [5.41, 5.74) is 0. The van der Waals surface area contributed by atoms with E-state index in [4.69, 9.17) is 25.2 Å². The number of rotatable bonds is 4. The minimum Gasteiger partial charge on any atom is -0.481 e. The van der Waals surface area contributed by atoms with Crippen LogP contribution < -0.4 is 0 Å². The van der Waals surface area contributed by atoms with Gasteiger partial charge in [-0.1, -0.05) is 0 Å². The molecule has 0 aromatic heterocycles. The molecule has 0 aliphatic heterocycles. The third-order valence-corrected chi connectivity index (χ3v) is 0.688. The highest BCUT2D eigenvalue weighted by Crippen LogP contribution is 1.86. The maximum absolute atomic E-state index is 9.64. The molecule has 0 heterocycles. The molecule has 0 aromatic carbocycles. The van der Waals surface area contributed by atoms with Gasteiger partial charge in [-0.05, 0) is 0 Å². The highest BCUT2D eigenvalue weighted by Gasteiger charge is 2.00. The fraction of sp³-hybridized carbons (Fsp3) is 0.500. The second kappa shape index (κ2) is 8.47. The Morgan fingerprint density at radius 3 is 1.08 bits per heavy atom. The van der Waals surface area contributed by atoms with Crippen LogP contribution in [0.3, 0.4) is 0 Å². The Kier molecular flexibility index (Phi) is 9.07. The first kappa shape index (κ1) is 13.9. The summed E-state index contributed by atoms with van der Waals surface area (Å²) in [5, 5.41) is 30.8. The minimum atomic E-state index is -1.19. The molecule has 76 valence electrons. The molecule has 0 unspecified atom stereocenters. The van der Waals surface area contributed by atoms with Gasteiger partial charge in [0.05, 0.1) is 12.8 Å². The molecule has 0 radical (unpaired) electrons. The van der Waals surface area contributed by atoms with Crippen LogP contribution in [0.1, 0.15) is 12.8 Å². The number of aliphatic carboxylic acids is 3. The van der Waals surface area contributed by atoms with E-state index < -0.39 is 24.5 Å². The first-order chi connectivity index (χ1) is 5.90. The average molecular weight is 194 g/mol. The zero-order chi connectivity index (χ0) is 10.9. The minimum absolute atomic E-state index is 0.296. The molecule has 0 saturated carbocycles. The average Bonchev–Trinajstić information content (AvgIpc) is 2.02. The molecule has 0 aliphatic carbocycles. The fourth-order valence-corrected chi connectivity index (χ4v) is 0.214. The van der Waals surface area contributed by atoms with E-state index in [1.807, 2.05) is 0 Å². The molecule has 0 aromatic rings. The van der Waals surface area contributed by atoms with Gasteiger partial charge in [-0.3, -0.25) is 9.59 Å². The van der Waals surface area contributed by atoms with Gasteiger partial charge in [-0.2, -0.15) is 0 Å². The molecule has 0 rings (SSSR count). The summed E-state index contributed by atoms with van der Waals surface area (Å²) in [7, 11) is 0. The van der Waals surface area contributed by atoms with Gasteiger partial charge in [-0.15, -0.1) is 0 Å². The Morgan fingerprint density at radius 2 is 1.00 bits per heavy atom. The lowest BCUT2D eigenvalue weighted by atomic mass is 10.3. The summed E-state index contributed by atoms with van der Waals surface area (Å²) in [6.45, 7) is -0.778. The third kappa shape index (κ3) is 25.2. The van der Waals surface area contributed by atoms with Crippen LogP contribution in [-0.2, 0) is 14.4 Å². The Labute approximate surface area is 73.2 Å². The van der Waals surface area contributed by atoms with E-state index in [2.05, 4.69) is 0 Å². The van der Waals surface area contributed by atoms with Crippen LogP contribution in [0.5, 0.6) is 0 Å². The maximum atomic E-state index is 9.64. The summed E-state index contributed by atoms with van der Waals surface area (Å²) in [6.07, 6.45) is -0.593. The Bertz CT molecular complexity index is 171. The molecule has 13 heavy (non-hydrogen) atoms. The van der Waals surface area contributed by atoms with Gasteiger partial charge in [0.2, 0.25) is 0 Å². The van der Waals surface area contributed by atoms with E-state index in [1.54, 1.807) is 0 Å². The van der Waals surface area contributed by atoms with Crippen LogP contribution in [0.15, 0.2) is 0 Å². The lowest BCUT2D eigenvalue weighted by Gasteiger charge is -1.85. The monoisotopic (exact) mass is 194 g/mol. The molecule has 0 spiro atoms. The quantitative estimate of drug-likeness (QED) is 0.451. The van der Waals surface area contributed by atoms with Crippen LogP contribution in [0, 0.1) is 0 Å². The standard InChI is InChI=1S/C4H6O4.C2H4O3/c5-3(6)1-2-4(7)8;3-1-2(4)5/h1-2H2,(H,5,6)(H,7,8);3H,1H2,(H,4,5). The highest BCUT2D eigenvalue weighted by molar-refractivity contribution is 5.75. The predicted molar refractivity (Wildman–Crippen MR) is 39.2 cm³/mol. The van der Waals surface area contributed by atoms with Crippen molar-refractivity contribution in [3.8, 4) is 0 Å². The van der Waals surface area contributed by atoms with E-state index >= 15 is 0 Å². The summed E-state index contributed by atoms with van der Waals surface area (Å²) >= 11 is 0. The number of aliphatic hydroxyl groups is 1. The normalized spacial score (nSPS) is 8.08. The molecule has 4 N–H and O–H groups in total. The first-order valence-corrected chi connectivity index (χ1v) is 3.16. The molecule has 0 aliphatic rings. The number of aliphatic hydroxyl groups excluding tert-OH is 1. The Balaban J connectivity index is 0. The molecule has 7 heteroatoms. The van der Waals surface area contributed by atoms with Crippen LogP contribution in [0.4, 0.5) is 0 Å². The molecule has 0 amide bonds. The van der Waals surface area contributed by atoms with Gasteiger partial charge in [-0.25, -0.2) is 4.79 Å². The van der Waals surface area contributed by atoms with Crippen molar-refractivity contribution in [3.63, 3.8) is 0 Å². The van der Waals surface area contributed by atoms with Crippen LogP contribution in [-0.4, -0.2) is 44.9 Å². The van der Waals surface area contributed by atoms with Crippen molar-refractivity contribution in [2.45, 2.75) is 12.8 Å². The van der Waals surface area contributed by atoms with Crippen molar-refractivity contribution in [1.29, 1.82) is 0 Å². The van der Waals surface area contributed by atoms with Gasteiger partial charge >= 0.3 is 17.9 Å². The summed E-state index contributed by atoms with van der Waals surface area (Å²) in [5.74, 6) is -3.34. The topological polar surface area (TPSA) is 132 Å². The summed E-state index contributed by atoms with van der Waals surface area (Å²) < 4.78 is 0. The lowest BCUT2D eigenvalue weighted by Crippen LogP contribution is -2.00. The van der Waals surface area contributed by atoms with Crippen molar-refractivity contribution in [1.82, 2.24) is 0 Å². The zero-order valence-corrected chi connectivity index (χ0v) is 6.63. The molecular formula is C6H10O7. The van der Waals surface area contributed by atoms with Gasteiger partial charge in [0, 0.05) is 0 Å². The maximum Gasteiger partial charge on any atom is 0.329 e. The van der Waals surface area contributed by atoms with Crippen molar-refractivity contribution < 1.29 is 34.8 Å². The van der Waals surface area contributed by atoms with Gasteiger partial charge in [0.25, 0.3) is 0 Å². The van der Waals surface area contributed by atoms with E-state index in [1.165, 1.54) is 0 Å². The largest absolute Gasteiger partial charge is 0.481 e. The molecular weight excluding hydrogens is 184 g/mol. The van der Waals surface area contributed by atoms with Crippen LogP contribution in [0.25, 0.3) is 0 Å². The number of carboxylic acids is 3. The smallest absolute Gasteiger partial charge is 0.329 e. The lowest BCUT2D eigenvalue weighted by molar-refractivity contribution is -0.143. The number of hydrogen-bond acceptors (Lipinski definition) is 4. The van der Waals surface area contributed by atoms with Crippen LogP contribution >= 0.6 is 0 Å². The third-order valence-electron chi connectivity index (χ3n) is 0.688. The van der Waals surface area contributed by atoms with Crippen molar-refractivity contribution in [3.05, 3.63) is 0 Å². The summed E-state index contributed by atoms with van der Waals surface area (Å²) in [6, 6.07) is 0. The van der Waals surface area contributed by atoms with Crippen molar-refractivity contribution in [2.75, 3.05) is 6.61 Å². The number of carboxylic acid groups (broad SMARTS) is 3. The highest BCUT2D eigenvalue weighted by atomic mass is 16.4. The second-order valence-electron chi connectivity index (χ2n) is 1.84. The molecule has 0 saturated heterocycles. The molecule has 0 bridgehead atoms. The Morgan fingerprint density at radius 1 is 0.769 bits per heavy atom. The molecule has 7 nitrogen and oxygen atoms in total. The fourth-order valence-electron chi connectivity index (χ4n) is 0.214. The predicted octanol–water partition coefficient (Wildman–Crippen LogP) is -1.00. The van der Waals surface area contributed by atoms with Gasteiger partial charge in [0.15, 0.2) is 0 Å². The molecule has 0 fully saturated rings.